The van der Waals surface area contributed by atoms with Gasteiger partial charge in [-0.3, -0.25) is 9.79 Å². The Hall–Kier alpha value is -2.43. The number of furan rings is 1. The highest BCUT2D eigenvalue weighted by molar-refractivity contribution is 14.0. The molecule has 2 rings (SSSR count). The SMILES string of the molecule is CN=C(NCc1ccc(C(N)=O)o1)NCC(C)Oc1cccc(OC)c1.I. The van der Waals surface area contributed by atoms with Crippen LogP contribution in [0.1, 0.15) is 23.2 Å². The Morgan fingerprint density at radius 3 is 2.63 bits per heavy atom. The number of rotatable bonds is 8. The molecular formula is C18H25IN4O4. The van der Waals surface area contributed by atoms with Gasteiger partial charge in [-0.05, 0) is 31.2 Å². The highest BCUT2D eigenvalue weighted by atomic mass is 127. The summed E-state index contributed by atoms with van der Waals surface area (Å²) in [7, 11) is 3.28. The number of hydrogen-bond acceptors (Lipinski definition) is 5. The van der Waals surface area contributed by atoms with Crippen LogP contribution in [-0.2, 0) is 6.54 Å². The molecule has 1 aromatic carbocycles. The number of carbonyl (C=O) groups is 1. The molecule has 0 radical (unpaired) electrons. The fourth-order valence-corrected chi connectivity index (χ4v) is 2.19. The molecule has 148 valence electrons. The lowest BCUT2D eigenvalue weighted by Crippen LogP contribution is -2.41. The number of halogens is 1. The predicted octanol–water partition coefficient (Wildman–Crippen LogP) is 2.14. The number of nitrogens with zero attached hydrogens (tertiary/aromatic N) is 1. The molecule has 1 heterocycles. The van der Waals surface area contributed by atoms with E-state index in [1.807, 2.05) is 31.2 Å². The summed E-state index contributed by atoms with van der Waals surface area (Å²) in [5, 5.41) is 6.26. The Bertz CT molecular complexity index is 763. The first-order chi connectivity index (χ1) is 12.5. The van der Waals surface area contributed by atoms with E-state index in [-0.39, 0.29) is 35.8 Å². The molecule has 0 bridgehead atoms. The number of amides is 1. The standard InChI is InChI=1S/C18H24N4O4.HI/c1-12(25-14-6-4-5-13(9-14)24-3)10-21-18(20-2)22-11-15-7-8-16(26-15)17(19)23;/h4-9,12H,10-11H2,1-3H3,(H2,19,23)(H2,20,21,22);1H. The van der Waals surface area contributed by atoms with Gasteiger partial charge < -0.3 is 30.3 Å². The van der Waals surface area contributed by atoms with Crippen LogP contribution in [0.5, 0.6) is 11.5 Å². The molecule has 1 unspecified atom stereocenters. The molecule has 27 heavy (non-hydrogen) atoms. The Morgan fingerprint density at radius 1 is 1.26 bits per heavy atom. The fraction of sp³-hybridized carbons (Fsp3) is 0.333. The van der Waals surface area contributed by atoms with Crippen LogP contribution < -0.4 is 25.8 Å². The van der Waals surface area contributed by atoms with Gasteiger partial charge in [-0.2, -0.15) is 0 Å². The van der Waals surface area contributed by atoms with Gasteiger partial charge in [-0.1, -0.05) is 6.07 Å². The Kier molecular flexibility index (Phi) is 9.48. The van der Waals surface area contributed by atoms with Gasteiger partial charge in [-0.25, -0.2) is 0 Å². The summed E-state index contributed by atoms with van der Waals surface area (Å²) in [5.41, 5.74) is 5.16. The van der Waals surface area contributed by atoms with Gasteiger partial charge in [-0.15, -0.1) is 24.0 Å². The average Bonchev–Trinajstić information content (AvgIpc) is 3.11. The Balaban J connectivity index is 0.00000364. The predicted molar refractivity (Wildman–Crippen MR) is 114 cm³/mol. The zero-order valence-corrected chi connectivity index (χ0v) is 17.9. The lowest BCUT2D eigenvalue weighted by molar-refractivity contribution is 0.0972. The van der Waals surface area contributed by atoms with Crippen LogP contribution in [0.2, 0.25) is 0 Å². The largest absolute Gasteiger partial charge is 0.497 e. The molecule has 0 aliphatic carbocycles. The van der Waals surface area contributed by atoms with Crippen LogP contribution >= 0.6 is 24.0 Å². The van der Waals surface area contributed by atoms with Gasteiger partial charge in [0.05, 0.1) is 20.2 Å². The normalized spacial score (nSPS) is 11.9. The van der Waals surface area contributed by atoms with E-state index < -0.39 is 5.91 Å². The monoisotopic (exact) mass is 488 g/mol. The molecule has 9 heteroatoms. The Morgan fingerprint density at radius 2 is 2.00 bits per heavy atom. The van der Waals surface area contributed by atoms with Crippen molar-refractivity contribution in [1.82, 2.24) is 10.6 Å². The van der Waals surface area contributed by atoms with Crippen molar-refractivity contribution in [2.75, 3.05) is 20.7 Å². The number of primary amides is 1. The van der Waals surface area contributed by atoms with Crippen LogP contribution in [0.4, 0.5) is 0 Å². The van der Waals surface area contributed by atoms with E-state index in [4.69, 9.17) is 19.6 Å². The molecule has 8 nitrogen and oxygen atoms in total. The topological polar surface area (TPSA) is 111 Å². The number of nitrogens with two attached hydrogens (primary N) is 1. The molecule has 0 fully saturated rings. The Labute approximate surface area is 175 Å². The van der Waals surface area contributed by atoms with Gasteiger partial charge in [0, 0.05) is 13.1 Å². The van der Waals surface area contributed by atoms with E-state index in [1.165, 1.54) is 0 Å². The number of benzene rings is 1. The summed E-state index contributed by atoms with van der Waals surface area (Å²) in [6.45, 7) is 2.87. The summed E-state index contributed by atoms with van der Waals surface area (Å²) in [4.78, 5) is 15.2. The quantitative estimate of drug-likeness (QED) is 0.298. The summed E-state index contributed by atoms with van der Waals surface area (Å²) >= 11 is 0. The van der Waals surface area contributed by atoms with E-state index in [2.05, 4.69) is 15.6 Å². The maximum atomic E-state index is 11.0. The van der Waals surface area contributed by atoms with Crippen molar-refractivity contribution in [2.24, 2.45) is 10.7 Å². The number of guanidine groups is 1. The maximum absolute atomic E-state index is 11.0. The van der Waals surface area contributed by atoms with Crippen molar-refractivity contribution in [1.29, 1.82) is 0 Å². The summed E-state index contributed by atoms with van der Waals surface area (Å²) < 4.78 is 16.3. The maximum Gasteiger partial charge on any atom is 0.284 e. The second kappa shape index (κ2) is 11.3. The number of hydrogen-bond donors (Lipinski definition) is 3. The molecule has 2 aromatic rings. The smallest absolute Gasteiger partial charge is 0.284 e. The number of nitrogens with one attached hydrogen (secondary N) is 2. The molecule has 1 atom stereocenters. The van der Waals surface area contributed by atoms with Crippen molar-refractivity contribution in [3.05, 3.63) is 47.9 Å². The zero-order valence-electron chi connectivity index (χ0n) is 15.5. The van der Waals surface area contributed by atoms with E-state index in [0.717, 1.165) is 11.5 Å². The van der Waals surface area contributed by atoms with Crippen LogP contribution in [0, 0.1) is 0 Å². The van der Waals surface area contributed by atoms with Crippen molar-refractivity contribution >= 4 is 35.8 Å². The van der Waals surface area contributed by atoms with E-state index in [1.54, 1.807) is 26.3 Å². The molecule has 0 aliphatic rings. The second-order valence-electron chi connectivity index (χ2n) is 5.54. The molecule has 0 saturated heterocycles. The minimum Gasteiger partial charge on any atom is -0.497 e. The third-order valence-corrected chi connectivity index (χ3v) is 3.49. The number of aliphatic imine (C=N–C) groups is 1. The number of methoxy groups -OCH3 is 1. The second-order valence-corrected chi connectivity index (χ2v) is 5.54. The number of ether oxygens (including phenoxy) is 2. The van der Waals surface area contributed by atoms with Crippen LogP contribution in [0.3, 0.4) is 0 Å². The molecule has 0 aliphatic heterocycles. The van der Waals surface area contributed by atoms with Gasteiger partial charge in [0.25, 0.3) is 5.91 Å². The van der Waals surface area contributed by atoms with E-state index in [9.17, 15) is 4.79 Å². The first kappa shape index (κ1) is 22.6. The van der Waals surface area contributed by atoms with E-state index in [0.29, 0.717) is 24.8 Å². The van der Waals surface area contributed by atoms with E-state index >= 15 is 0 Å². The highest BCUT2D eigenvalue weighted by Gasteiger charge is 2.09. The van der Waals surface area contributed by atoms with Gasteiger partial charge in [0.2, 0.25) is 0 Å². The molecule has 1 aromatic heterocycles. The summed E-state index contributed by atoms with van der Waals surface area (Å²) in [6, 6.07) is 10.7. The van der Waals surface area contributed by atoms with Crippen LogP contribution in [-0.4, -0.2) is 38.7 Å². The van der Waals surface area contributed by atoms with Crippen molar-refractivity contribution in [2.45, 2.75) is 19.6 Å². The molecule has 1 amide bonds. The first-order valence-electron chi connectivity index (χ1n) is 8.15. The average molecular weight is 488 g/mol. The van der Waals surface area contributed by atoms with Crippen molar-refractivity contribution in [3.8, 4) is 11.5 Å². The third kappa shape index (κ3) is 7.37. The van der Waals surface area contributed by atoms with Gasteiger partial charge in [0.1, 0.15) is 23.4 Å². The highest BCUT2D eigenvalue weighted by Crippen LogP contribution is 2.19. The van der Waals surface area contributed by atoms with Crippen LogP contribution in [0.25, 0.3) is 0 Å². The van der Waals surface area contributed by atoms with Crippen molar-refractivity contribution < 1.29 is 18.7 Å². The minimum atomic E-state index is -0.595. The zero-order chi connectivity index (χ0) is 18.9. The molecule has 0 spiro atoms. The number of carbonyl (C=O) groups excluding carboxylic acids is 1. The van der Waals surface area contributed by atoms with Gasteiger partial charge >= 0.3 is 0 Å². The third-order valence-electron chi connectivity index (χ3n) is 3.49. The fourth-order valence-electron chi connectivity index (χ4n) is 2.19. The van der Waals surface area contributed by atoms with Gasteiger partial charge in [0.15, 0.2) is 11.7 Å². The molecule has 0 saturated carbocycles. The minimum absolute atomic E-state index is 0. The summed E-state index contributed by atoms with van der Waals surface area (Å²) in [5.74, 6) is 2.18. The molecular weight excluding hydrogens is 463 g/mol. The van der Waals surface area contributed by atoms with Crippen LogP contribution in [0.15, 0.2) is 45.8 Å². The van der Waals surface area contributed by atoms with Crippen molar-refractivity contribution in [3.63, 3.8) is 0 Å². The summed E-state index contributed by atoms with van der Waals surface area (Å²) in [6.07, 6.45) is -0.0919. The lowest BCUT2D eigenvalue weighted by atomic mass is 10.3. The lowest BCUT2D eigenvalue weighted by Gasteiger charge is -2.17. The first-order valence-corrected chi connectivity index (χ1v) is 8.15. The molecule has 4 N–H and O–H groups in total.